The van der Waals surface area contributed by atoms with Crippen molar-refractivity contribution in [2.24, 2.45) is 0 Å². The molecular formula is C9H15NO5S. The summed E-state index contributed by atoms with van der Waals surface area (Å²) in [6.07, 6.45) is 2.05. The van der Waals surface area contributed by atoms with Crippen molar-refractivity contribution in [1.82, 2.24) is 5.32 Å². The summed E-state index contributed by atoms with van der Waals surface area (Å²) in [5, 5.41) is 10.5. The number of sulfone groups is 1. The summed E-state index contributed by atoms with van der Waals surface area (Å²) in [5.41, 5.74) is 0. The third kappa shape index (κ3) is 3.19. The fourth-order valence-electron chi connectivity index (χ4n) is 1.52. The third-order valence-corrected chi connectivity index (χ3v) is 4.92. The maximum absolute atomic E-state index is 11.7. The predicted octanol–water partition coefficient (Wildman–Crippen LogP) is -0.457. The normalized spacial score (nSPS) is 18.6. The molecule has 7 heteroatoms. The van der Waals surface area contributed by atoms with Crippen molar-refractivity contribution in [2.45, 2.75) is 37.5 Å². The molecule has 0 heterocycles. The van der Waals surface area contributed by atoms with Crippen LogP contribution in [0.3, 0.4) is 0 Å². The fraction of sp³-hybridized carbons (Fsp3) is 0.778. The molecule has 1 aliphatic rings. The zero-order valence-corrected chi connectivity index (χ0v) is 9.79. The number of nitrogens with one attached hydrogen (secondary N) is 1. The van der Waals surface area contributed by atoms with Crippen molar-refractivity contribution in [1.29, 1.82) is 0 Å². The second-order valence-corrected chi connectivity index (χ2v) is 6.30. The molecule has 1 atom stereocenters. The highest BCUT2D eigenvalue weighted by atomic mass is 32.2. The van der Waals surface area contributed by atoms with Crippen LogP contribution in [-0.4, -0.2) is 42.4 Å². The number of carbonyl (C=O) groups excluding carboxylic acids is 1. The third-order valence-electron chi connectivity index (χ3n) is 2.63. The van der Waals surface area contributed by atoms with E-state index in [2.05, 4.69) is 5.32 Å². The molecule has 0 aromatic heterocycles. The van der Waals surface area contributed by atoms with Gasteiger partial charge >= 0.3 is 5.97 Å². The molecule has 1 unspecified atom stereocenters. The Kier molecular flexibility index (Phi) is 3.90. The van der Waals surface area contributed by atoms with Crippen LogP contribution in [0.15, 0.2) is 0 Å². The lowest BCUT2D eigenvalue weighted by Crippen LogP contribution is -2.47. The predicted molar refractivity (Wildman–Crippen MR) is 56.7 cm³/mol. The van der Waals surface area contributed by atoms with Crippen LogP contribution in [0.25, 0.3) is 0 Å². The maximum Gasteiger partial charge on any atom is 0.327 e. The number of carboxylic acids is 1. The first kappa shape index (κ1) is 13.0. The lowest BCUT2D eigenvalue weighted by atomic mass is 10.00. The zero-order valence-electron chi connectivity index (χ0n) is 8.97. The highest BCUT2D eigenvalue weighted by molar-refractivity contribution is 7.92. The van der Waals surface area contributed by atoms with E-state index in [4.69, 9.17) is 5.11 Å². The van der Waals surface area contributed by atoms with Crippen molar-refractivity contribution >= 4 is 21.7 Å². The molecule has 0 spiro atoms. The zero-order chi connectivity index (χ0) is 12.3. The highest BCUT2D eigenvalue weighted by Crippen LogP contribution is 2.26. The van der Waals surface area contributed by atoms with Crippen LogP contribution in [0.1, 0.15) is 26.2 Å². The first-order valence-corrected chi connectivity index (χ1v) is 6.76. The van der Waals surface area contributed by atoms with E-state index in [1.807, 2.05) is 0 Å². The molecule has 0 aromatic rings. The molecule has 1 fully saturated rings. The van der Waals surface area contributed by atoms with Crippen LogP contribution in [0.2, 0.25) is 0 Å². The van der Waals surface area contributed by atoms with Crippen molar-refractivity contribution in [3.05, 3.63) is 0 Å². The van der Waals surface area contributed by atoms with Crippen molar-refractivity contribution in [2.75, 3.05) is 5.75 Å². The average molecular weight is 249 g/mol. The molecule has 0 aromatic carbocycles. The summed E-state index contributed by atoms with van der Waals surface area (Å²) in [7, 11) is -3.41. The topological polar surface area (TPSA) is 101 Å². The van der Waals surface area contributed by atoms with Gasteiger partial charge in [-0.05, 0) is 12.8 Å². The van der Waals surface area contributed by atoms with Crippen molar-refractivity contribution < 1.29 is 23.1 Å². The summed E-state index contributed by atoms with van der Waals surface area (Å²) in [5.74, 6) is -2.39. The first-order chi connectivity index (χ1) is 7.33. The molecule has 0 saturated heterocycles. The monoisotopic (exact) mass is 249 g/mol. The summed E-state index contributed by atoms with van der Waals surface area (Å²) in [6, 6.07) is -1.34. The first-order valence-electron chi connectivity index (χ1n) is 5.04. The molecule has 0 bridgehead atoms. The number of hydrogen-bond acceptors (Lipinski definition) is 4. The minimum Gasteiger partial charge on any atom is -0.480 e. The highest BCUT2D eigenvalue weighted by Gasteiger charge is 2.35. The molecule has 0 aliphatic heterocycles. The van der Waals surface area contributed by atoms with E-state index in [9.17, 15) is 18.0 Å². The summed E-state index contributed by atoms with van der Waals surface area (Å²) < 4.78 is 23.4. The Balaban J connectivity index is 2.67. The van der Waals surface area contributed by atoms with Crippen LogP contribution in [0, 0.1) is 0 Å². The second kappa shape index (κ2) is 4.82. The van der Waals surface area contributed by atoms with Gasteiger partial charge in [0.2, 0.25) is 5.91 Å². The Labute approximate surface area is 93.9 Å². The van der Waals surface area contributed by atoms with Gasteiger partial charge in [0.15, 0.2) is 9.84 Å². The lowest BCUT2D eigenvalue weighted by Gasteiger charge is -2.26. The smallest absolute Gasteiger partial charge is 0.327 e. The number of rotatable bonds is 5. The molecule has 16 heavy (non-hydrogen) atoms. The van der Waals surface area contributed by atoms with Gasteiger partial charge in [-0.25, -0.2) is 13.2 Å². The molecular weight excluding hydrogens is 234 g/mol. The summed E-state index contributed by atoms with van der Waals surface area (Å²) in [4.78, 5) is 21.5. The van der Waals surface area contributed by atoms with Crippen LogP contribution >= 0.6 is 0 Å². The Morgan fingerprint density at radius 3 is 2.31 bits per heavy atom. The number of hydrogen-bond donors (Lipinski definition) is 2. The largest absolute Gasteiger partial charge is 0.480 e. The van der Waals surface area contributed by atoms with Gasteiger partial charge in [0.1, 0.15) is 6.04 Å². The Morgan fingerprint density at radius 1 is 1.44 bits per heavy atom. The standard InChI is InChI=1S/C9H15NO5S/c1-6(11)10-8(9(12)13)5-16(14,15)7-3-2-4-7/h7-8H,2-5H2,1H3,(H,10,11)(H,12,13). The van der Waals surface area contributed by atoms with Gasteiger partial charge in [-0.2, -0.15) is 0 Å². The van der Waals surface area contributed by atoms with Crippen molar-refractivity contribution in [3.8, 4) is 0 Å². The fourth-order valence-corrected chi connectivity index (χ4v) is 3.53. The van der Waals surface area contributed by atoms with Gasteiger partial charge in [0, 0.05) is 6.92 Å². The van der Waals surface area contributed by atoms with E-state index in [1.165, 1.54) is 0 Å². The molecule has 0 radical (unpaired) electrons. The van der Waals surface area contributed by atoms with Gasteiger partial charge in [-0.1, -0.05) is 6.42 Å². The Morgan fingerprint density at radius 2 is 2.00 bits per heavy atom. The van der Waals surface area contributed by atoms with Crippen molar-refractivity contribution in [3.63, 3.8) is 0 Å². The molecule has 6 nitrogen and oxygen atoms in total. The van der Waals surface area contributed by atoms with Crippen LogP contribution in [-0.2, 0) is 19.4 Å². The van der Waals surface area contributed by atoms with E-state index < -0.39 is 38.8 Å². The minimum atomic E-state index is -3.41. The molecule has 2 N–H and O–H groups in total. The SMILES string of the molecule is CC(=O)NC(CS(=O)(=O)C1CCC1)C(=O)O. The number of carboxylic acid groups (broad SMARTS) is 1. The van der Waals surface area contributed by atoms with Crippen LogP contribution in [0.5, 0.6) is 0 Å². The van der Waals surface area contributed by atoms with Gasteiger partial charge in [0.25, 0.3) is 0 Å². The average Bonchev–Trinajstić information content (AvgIpc) is 1.96. The Hall–Kier alpha value is -1.11. The Bertz CT molecular complexity index is 385. The van der Waals surface area contributed by atoms with Gasteiger partial charge in [-0.3, -0.25) is 4.79 Å². The van der Waals surface area contributed by atoms with Gasteiger partial charge < -0.3 is 10.4 Å². The molecule has 1 amide bonds. The molecule has 92 valence electrons. The molecule has 1 aliphatic carbocycles. The lowest BCUT2D eigenvalue weighted by molar-refractivity contribution is -0.140. The summed E-state index contributed by atoms with van der Waals surface area (Å²) >= 11 is 0. The van der Waals surface area contributed by atoms with E-state index in [0.29, 0.717) is 12.8 Å². The second-order valence-electron chi connectivity index (χ2n) is 3.97. The van der Waals surface area contributed by atoms with Gasteiger partial charge in [0.05, 0.1) is 11.0 Å². The molecule has 1 saturated carbocycles. The number of carbonyl (C=O) groups is 2. The van der Waals surface area contributed by atoms with E-state index in [1.54, 1.807) is 0 Å². The van der Waals surface area contributed by atoms with Crippen LogP contribution < -0.4 is 5.32 Å². The minimum absolute atomic E-state index is 0.428. The summed E-state index contributed by atoms with van der Waals surface area (Å²) in [6.45, 7) is 1.16. The maximum atomic E-state index is 11.7. The quantitative estimate of drug-likeness (QED) is 0.687. The number of aliphatic carboxylic acids is 1. The number of amides is 1. The molecule has 1 rings (SSSR count). The van der Waals surface area contributed by atoms with Crippen LogP contribution in [0.4, 0.5) is 0 Å². The van der Waals surface area contributed by atoms with Gasteiger partial charge in [-0.15, -0.1) is 0 Å². The van der Waals surface area contributed by atoms with E-state index in [-0.39, 0.29) is 0 Å². The van der Waals surface area contributed by atoms with E-state index >= 15 is 0 Å². The van der Waals surface area contributed by atoms with E-state index in [0.717, 1.165) is 13.3 Å².